The van der Waals surface area contributed by atoms with Crippen LogP contribution in [0.3, 0.4) is 0 Å². The van der Waals surface area contributed by atoms with Crippen molar-refractivity contribution in [1.82, 2.24) is 0 Å². The Kier molecular flexibility index (Phi) is 3.34. The van der Waals surface area contributed by atoms with Gasteiger partial charge in [-0.2, -0.15) is 0 Å². The van der Waals surface area contributed by atoms with Gasteiger partial charge in [0.2, 0.25) is 0 Å². The van der Waals surface area contributed by atoms with Gasteiger partial charge in [-0.1, -0.05) is 27.2 Å². The second-order valence-corrected chi connectivity index (χ2v) is 4.64. The minimum Gasteiger partial charge on any atom is -0.461 e. The molecule has 0 aromatic rings. The fourth-order valence-electron chi connectivity index (χ4n) is 2.41. The average Bonchev–Trinajstić information content (AvgIpc) is 2.04. The molecule has 2 unspecified atom stereocenters. The molecule has 1 fully saturated rings. The molecule has 13 heavy (non-hydrogen) atoms. The van der Waals surface area contributed by atoms with Crippen LogP contribution in [0.5, 0.6) is 0 Å². The molecule has 0 amide bonds. The molecule has 1 saturated carbocycles. The minimum absolute atomic E-state index is 0.167. The second-order valence-electron chi connectivity index (χ2n) is 4.64. The van der Waals surface area contributed by atoms with Gasteiger partial charge < -0.3 is 4.74 Å². The van der Waals surface area contributed by atoms with Crippen LogP contribution in [0.4, 0.5) is 0 Å². The van der Waals surface area contributed by atoms with E-state index in [-0.39, 0.29) is 5.60 Å². The molecule has 0 spiro atoms. The maximum Gasteiger partial charge on any atom is 0.293 e. The number of carbonyl (C=O) groups is 1. The van der Waals surface area contributed by atoms with Gasteiger partial charge in [0, 0.05) is 0 Å². The Bertz CT molecular complexity index is 177. The van der Waals surface area contributed by atoms with Crippen LogP contribution in [0.15, 0.2) is 0 Å². The van der Waals surface area contributed by atoms with Crippen molar-refractivity contribution >= 4 is 6.47 Å². The molecule has 0 N–H and O–H groups in total. The van der Waals surface area contributed by atoms with E-state index in [0.29, 0.717) is 18.3 Å². The predicted octanol–water partition coefficient (Wildman–Crippen LogP) is 2.76. The lowest BCUT2D eigenvalue weighted by Crippen LogP contribution is -2.42. The smallest absolute Gasteiger partial charge is 0.293 e. The monoisotopic (exact) mass is 184 g/mol. The molecule has 0 radical (unpaired) electrons. The van der Waals surface area contributed by atoms with E-state index >= 15 is 0 Å². The van der Waals surface area contributed by atoms with Gasteiger partial charge >= 0.3 is 0 Å². The molecule has 0 aliphatic heterocycles. The fourth-order valence-corrected chi connectivity index (χ4v) is 2.41. The quantitative estimate of drug-likeness (QED) is 0.630. The number of carbonyl (C=O) groups excluding carboxylic acids is 1. The number of hydrogen-bond donors (Lipinski definition) is 0. The first-order chi connectivity index (χ1) is 6.10. The van der Waals surface area contributed by atoms with Crippen LogP contribution in [0, 0.1) is 11.8 Å². The third-order valence-electron chi connectivity index (χ3n) is 3.33. The molecule has 0 heterocycles. The Balaban J connectivity index is 2.70. The van der Waals surface area contributed by atoms with E-state index < -0.39 is 0 Å². The van der Waals surface area contributed by atoms with Crippen LogP contribution >= 0.6 is 0 Å². The van der Waals surface area contributed by atoms with Crippen molar-refractivity contribution < 1.29 is 9.53 Å². The Morgan fingerprint density at radius 2 is 2.23 bits per heavy atom. The number of hydrogen-bond acceptors (Lipinski definition) is 2. The van der Waals surface area contributed by atoms with E-state index in [0.717, 1.165) is 12.8 Å². The molecule has 1 aliphatic carbocycles. The van der Waals surface area contributed by atoms with Crippen molar-refractivity contribution in [3.63, 3.8) is 0 Å². The standard InChI is InChI=1S/C11H20O2/c1-9(2)11(13-8-12)6-4-5-10(3)7-11/h8-10H,4-7H2,1-3H3. The van der Waals surface area contributed by atoms with E-state index in [1.54, 1.807) is 0 Å². The van der Waals surface area contributed by atoms with Crippen LogP contribution < -0.4 is 0 Å². The van der Waals surface area contributed by atoms with Crippen LogP contribution in [0.1, 0.15) is 46.5 Å². The Morgan fingerprint density at radius 1 is 1.54 bits per heavy atom. The van der Waals surface area contributed by atoms with Crippen LogP contribution in [-0.4, -0.2) is 12.1 Å². The first-order valence-corrected chi connectivity index (χ1v) is 5.22. The molecule has 2 atom stereocenters. The summed E-state index contributed by atoms with van der Waals surface area (Å²) in [4.78, 5) is 10.5. The second kappa shape index (κ2) is 4.12. The van der Waals surface area contributed by atoms with Crippen LogP contribution in [-0.2, 0) is 9.53 Å². The van der Waals surface area contributed by atoms with Crippen LogP contribution in [0.2, 0.25) is 0 Å². The van der Waals surface area contributed by atoms with E-state index in [4.69, 9.17) is 4.74 Å². The van der Waals surface area contributed by atoms with Crippen LogP contribution in [0.25, 0.3) is 0 Å². The first kappa shape index (κ1) is 10.6. The maximum atomic E-state index is 10.5. The first-order valence-electron chi connectivity index (χ1n) is 5.22. The molecule has 2 heteroatoms. The average molecular weight is 184 g/mol. The summed E-state index contributed by atoms with van der Waals surface area (Å²) < 4.78 is 5.32. The zero-order valence-electron chi connectivity index (χ0n) is 8.88. The largest absolute Gasteiger partial charge is 0.461 e. The van der Waals surface area contributed by atoms with Gasteiger partial charge in [0.15, 0.2) is 0 Å². The zero-order chi connectivity index (χ0) is 9.90. The normalized spacial score (nSPS) is 34.6. The molecule has 0 aromatic carbocycles. The molecule has 0 bridgehead atoms. The molecule has 0 saturated heterocycles. The van der Waals surface area contributed by atoms with E-state index in [1.165, 1.54) is 12.8 Å². The van der Waals surface area contributed by atoms with E-state index in [1.807, 2.05) is 0 Å². The fraction of sp³-hybridized carbons (Fsp3) is 0.909. The lowest BCUT2D eigenvalue weighted by atomic mass is 9.73. The maximum absolute atomic E-state index is 10.5. The molecule has 2 nitrogen and oxygen atoms in total. The lowest BCUT2D eigenvalue weighted by molar-refractivity contribution is -0.155. The summed E-state index contributed by atoms with van der Waals surface area (Å²) in [6.07, 6.45) is 4.53. The van der Waals surface area contributed by atoms with Crippen molar-refractivity contribution in [2.24, 2.45) is 11.8 Å². The predicted molar refractivity (Wildman–Crippen MR) is 52.4 cm³/mol. The highest BCUT2D eigenvalue weighted by Crippen LogP contribution is 2.39. The molecular weight excluding hydrogens is 164 g/mol. The van der Waals surface area contributed by atoms with E-state index in [9.17, 15) is 4.79 Å². The van der Waals surface area contributed by atoms with Crippen molar-refractivity contribution in [1.29, 1.82) is 0 Å². The number of rotatable bonds is 3. The van der Waals surface area contributed by atoms with Gasteiger partial charge in [-0.15, -0.1) is 0 Å². The third-order valence-corrected chi connectivity index (χ3v) is 3.33. The highest BCUT2D eigenvalue weighted by atomic mass is 16.5. The molecule has 1 aliphatic rings. The SMILES string of the molecule is CC1CCCC(OC=O)(C(C)C)C1. The topological polar surface area (TPSA) is 26.3 Å². The summed E-state index contributed by atoms with van der Waals surface area (Å²) in [5, 5.41) is 0. The summed E-state index contributed by atoms with van der Waals surface area (Å²) >= 11 is 0. The molecule has 1 rings (SSSR count). The highest BCUT2D eigenvalue weighted by Gasteiger charge is 2.39. The summed E-state index contributed by atoms with van der Waals surface area (Å²) in [5.41, 5.74) is -0.167. The molecule has 76 valence electrons. The highest BCUT2D eigenvalue weighted by molar-refractivity contribution is 5.38. The van der Waals surface area contributed by atoms with Crippen molar-refractivity contribution in [3.05, 3.63) is 0 Å². The third kappa shape index (κ3) is 2.23. The van der Waals surface area contributed by atoms with Gasteiger partial charge in [0.05, 0.1) is 0 Å². The van der Waals surface area contributed by atoms with Gasteiger partial charge in [-0.05, 0) is 31.1 Å². The van der Waals surface area contributed by atoms with Crippen molar-refractivity contribution in [2.45, 2.75) is 52.1 Å². The number of ether oxygens (including phenoxy) is 1. The Hall–Kier alpha value is -0.530. The van der Waals surface area contributed by atoms with Gasteiger partial charge in [0.25, 0.3) is 6.47 Å². The molecule has 0 aromatic heterocycles. The summed E-state index contributed by atoms with van der Waals surface area (Å²) in [7, 11) is 0. The van der Waals surface area contributed by atoms with Gasteiger partial charge in [-0.3, -0.25) is 4.79 Å². The van der Waals surface area contributed by atoms with Crippen molar-refractivity contribution in [3.8, 4) is 0 Å². The Labute approximate surface area is 80.7 Å². The zero-order valence-corrected chi connectivity index (χ0v) is 8.88. The minimum atomic E-state index is -0.167. The summed E-state index contributed by atoms with van der Waals surface area (Å²) in [6.45, 7) is 7.14. The lowest BCUT2D eigenvalue weighted by Gasteiger charge is -2.41. The Morgan fingerprint density at radius 3 is 2.69 bits per heavy atom. The van der Waals surface area contributed by atoms with Gasteiger partial charge in [-0.25, -0.2) is 0 Å². The van der Waals surface area contributed by atoms with Gasteiger partial charge in [0.1, 0.15) is 5.60 Å². The molecular formula is C11H20O2. The van der Waals surface area contributed by atoms with Crippen molar-refractivity contribution in [2.75, 3.05) is 0 Å². The van der Waals surface area contributed by atoms with E-state index in [2.05, 4.69) is 20.8 Å². The summed E-state index contributed by atoms with van der Waals surface area (Å²) in [6, 6.07) is 0. The summed E-state index contributed by atoms with van der Waals surface area (Å²) in [5.74, 6) is 1.12.